The lowest BCUT2D eigenvalue weighted by molar-refractivity contribution is 0.102. The zero-order valence-corrected chi connectivity index (χ0v) is 11.6. The standard InChI is InChI=1S/C12H10ClN3O3S/c13-11-7-15-5-4-10(11)12(17)16-8-2-1-3-9(6-8)20(14,18)19/h1-7H,(H,16,17)(H2,14,18,19). The molecule has 0 radical (unpaired) electrons. The van der Waals surface area contributed by atoms with E-state index in [0.717, 1.165) is 0 Å². The van der Waals surface area contributed by atoms with E-state index in [4.69, 9.17) is 16.7 Å². The molecule has 1 aromatic carbocycles. The van der Waals surface area contributed by atoms with Crippen LogP contribution in [0.3, 0.4) is 0 Å². The molecule has 2 rings (SSSR count). The number of nitrogens with one attached hydrogen (secondary N) is 1. The second-order valence-corrected chi connectivity index (χ2v) is 5.85. The van der Waals surface area contributed by atoms with E-state index in [9.17, 15) is 13.2 Å². The van der Waals surface area contributed by atoms with Crippen LogP contribution in [0.5, 0.6) is 0 Å². The van der Waals surface area contributed by atoms with Crippen molar-refractivity contribution in [2.24, 2.45) is 5.14 Å². The van der Waals surface area contributed by atoms with Crippen molar-refractivity contribution in [1.82, 2.24) is 4.98 Å². The number of rotatable bonds is 3. The molecule has 20 heavy (non-hydrogen) atoms. The third-order valence-electron chi connectivity index (χ3n) is 2.44. The molecule has 0 spiro atoms. The smallest absolute Gasteiger partial charge is 0.257 e. The van der Waals surface area contributed by atoms with E-state index in [0.29, 0.717) is 5.69 Å². The van der Waals surface area contributed by atoms with Crippen LogP contribution in [0.15, 0.2) is 47.6 Å². The number of pyridine rings is 1. The van der Waals surface area contributed by atoms with E-state index in [-0.39, 0.29) is 15.5 Å². The minimum atomic E-state index is -3.82. The van der Waals surface area contributed by atoms with Gasteiger partial charge in [0.1, 0.15) is 0 Å². The Morgan fingerprint density at radius 2 is 2.05 bits per heavy atom. The first-order chi connectivity index (χ1) is 9.38. The minimum Gasteiger partial charge on any atom is -0.322 e. The van der Waals surface area contributed by atoms with Crippen molar-refractivity contribution in [3.8, 4) is 0 Å². The largest absolute Gasteiger partial charge is 0.322 e. The third-order valence-corrected chi connectivity index (χ3v) is 3.65. The number of halogens is 1. The molecule has 1 heterocycles. The fraction of sp³-hybridized carbons (Fsp3) is 0. The van der Waals surface area contributed by atoms with Crippen LogP contribution >= 0.6 is 11.6 Å². The average Bonchev–Trinajstić information content (AvgIpc) is 2.38. The predicted octanol–water partition coefficient (Wildman–Crippen LogP) is 1.63. The van der Waals surface area contributed by atoms with E-state index in [2.05, 4.69) is 10.3 Å². The fourth-order valence-electron chi connectivity index (χ4n) is 1.51. The van der Waals surface area contributed by atoms with Crippen LogP contribution in [0, 0.1) is 0 Å². The maximum absolute atomic E-state index is 12.0. The first-order valence-electron chi connectivity index (χ1n) is 5.41. The number of primary sulfonamides is 1. The number of carbonyl (C=O) groups excluding carboxylic acids is 1. The van der Waals surface area contributed by atoms with Crippen LogP contribution in [-0.2, 0) is 10.0 Å². The Morgan fingerprint density at radius 3 is 2.70 bits per heavy atom. The van der Waals surface area contributed by atoms with Crippen LogP contribution < -0.4 is 10.5 Å². The number of benzene rings is 1. The van der Waals surface area contributed by atoms with Crippen molar-refractivity contribution in [3.63, 3.8) is 0 Å². The van der Waals surface area contributed by atoms with Gasteiger partial charge in [-0.15, -0.1) is 0 Å². The van der Waals surface area contributed by atoms with Gasteiger partial charge in [0, 0.05) is 18.1 Å². The molecule has 0 saturated heterocycles. The molecular weight excluding hydrogens is 302 g/mol. The molecule has 0 aliphatic carbocycles. The summed E-state index contributed by atoms with van der Waals surface area (Å²) >= 11 is 5.85. The van der Waals surface area contributed by atoms with Crippen molar-refractivity contribution in [2.45, 2.75) is 4.90 Å². The number of aromatic nitrogens is 1. The quantitative estimate of drug-likeness (QED) is 0.899. The van der Waals surface area contributed by atoms with E-state index in [1.807, 2.05) is 0 Å². The average molecular weight is 312 g/mol. The Bertz CT molecular complexity index is 762. The number of nitrogens with zero attached hydrogens (tertiary/aromatic N) is 1. The summed E-state index contributed by atoms with van der Waals surface area (Å²) in [6.45, 7) is 0. The Balaban J connectivity index is 2.27. The van der Waals surface area contributed by atoms with Gasteiger partial charge in [-0.2, -0.15) is 0 Å². The summed E-state index contributed by atoms with van der Waals surface area (Å²) in [5.41, 5.74) is 0.539. The van der Waals surface area contributed by atoms with Crippen molar-refractivity contribution in [2.75, 3.05) is 5.32 Å². The molecule has 0 fully saturated rings. The summed E-state index contributed by atoms with van der Waals surface area (Å²) in [6.07, 6.45) is 2.78. The van der Waals surface area contributed by atoms with E-state index < -0.39 is 15.9 Å². The number of hydrogen-bond donors (Lipinski definition) is 2. The Morgan fingerprint density at radius 1 is 1.30 bits per heavy atom. The topological polar surface area (TPSA) is 102 Å². The summed E-state index contributed by atoms with van der Waals surface area (Å²) in [6, 6.07) is 7.08. The summed E-state index contributed by atoms with van der Waals surface area (Å²) in [5, 5.41) is 7.76. The highest BCUT2D eigenvalue weighted by atomic mass is 35.5. The second-order valence-electron chi connectivity index (χ2n) is 3.88. The molecule has 0 bridgehead atoms. The van der Waals surface area contributed by atoms with Crippen LogP contribution in [0.4, 0.5) is 5.69 Å². The van der Waals surface area contributed by atoms with Gasteiger partial charge >= 0.3 is 0 Å². The maximum atomic E-state index is 12.0. The SMILES string of the molecule is NS(=O)(=O)c1cccc(NC(=O)c2ccncc2Cl)c1. The highest BCUT2D eigenvalue weighted by Gasteiger charge is 2.12. The molecule has 0 saturated carbocycles. The molecule has 8 heteroatoms. The van der Waals surface area contributed by atoms with Crippen molar-refractivity contribution < 1.29 is 13.2 Å². The molecule has 3 N–H and O–H groups in total. The fourth-order valence-corrected chi connectivity index (χ4v) is 2.27. The van der Waals surface area contributed by atoms with Crippen LogP contribution in [0.2, 0.25) is 5.02 Å². The van der Waals surface area contributed by atoms with Gasteiger partial charge in [0.2, 0.25) is 10.0 Å². The van der Waals surface area contributed by atoms with Crippen LogP contribution in [0.25, 0.3) is 0 Å². The van der Waals surface area contributed by atoms with Gasteiger partial charge in [0.05, 0.1) is 15.5 Å². The summed E-state index contributed by atoms with van der Waals surface area (Å²) in [4.78, 5) is 15.7. The van der Waals surface area contributed by atoms with Gasteiger partial charge in [0.25, 0.3) is 5.91 Å². The molecule has 0 atom stereocenters. The highest BCUT2D eigenvalue weighted by Crippen LogP contribution is 2.18. The molecular formula is C12H10ClN3O3S. The number of anilines is 1. The summed E-state index contributed by atoms with van der Waals surface area (Å²) < 4.78 is 22.5. The lowest BCUT2D eigenvalue weighted by Crippen LogP contribution is -2.15. The number of carbonyl (C=O) groups is 1. The lowest BCUT2D eigenvalue weighted by Gasteiger charge is -2.07. The van der Waals surface area contributed by atoms with Gasteiger partial charge in [-0.05, 0) is 24.3 Å². The van der Waals surface area contributed by atoms with Crippen LogP contribution in [0.1, 0.15) is 10.4 Å². The third kappa shape index (κ3) is 3.32. The second kappa shape index (κ2) is 5.58. The first-order valence-corrected chi connectivity index (χ1v) is 7.34. The molecule has 0 aliphatic rings. The summed E-state index contributed by atoms with van der Waals surface area (Å²) in [5.74, 6) is -0.469. The van der Waals surface area contributed by atoms with Gasteiger partial charge < -0.3 is 5.32 Å². The van der Waals surface area contributed by atoms with Crippen molar-refractivity contribution in [3.05, 3.63) is 53.3 Å². The highest BCUT2D eigenvalue weighted by molar-refractivity contribution is 7.89. The Kier molecular flexibility index (Phi) is 4.03. The maximum Gasteiger partial charge on any atom is 0.257 e. The number of hydrogen-bond acceptors (Lipinski definition) is 4. The normalized spacial score (nSPS) is 11.1. The van der Waals surface area contributed by atoms with Crippen molar-refractivity contribution in [1.29, 1.82) is 0 Å². The van der Waals surface area contributed by atoms with Crippen LogP contribution in [-0.4, -0.2) is 19.3 Å². The molecule has 104 valence electrons. The molecule has 1 aromatic heterocycles. The summed E-state index contributed by atoms with van der Waals surface area (Å²) in [7, 11) is -3.82. The van der Waals surface area contributed by atoms with E-state index in [1.54, 1.807) is 6.07 Å². The molecule has 0 unspecified atom stereocenters. The first kappa shape index (κ1) is 14.4. The number of amides is 1. The minimum absolute atomic E-state index is 0.0869. The number of nitrogens with two attached hydrogens (primary N) is 1. The molecule has 2 aromatic rings. The zero-order valence-electron chi connectivity index (χ0n) is 10.1. The van der Waals surface area contributed by atoms with Gasteiger partial charge in [-0.1, -0.05) is 17.7 Å². The molecule has 1 amide bonds. The van der Waals surface area contributed by atoms with Gasteiger partial charge in [0.15, 0.2) is 0 Å². The monoisotopic (exact) mass is 311 g/mol. The Hall–Kier alpha value is -1.96. The molecule has 0 aliphatic heterocycles. The van der Waals surface area contributed by atoms with E-state index in [1.165, 1.54) is 36.7 Å². The Labute approximate surface area is 120 Å². The lowest BCUT2D eigenvalue weighted by atomic mass is 10.2. The molecule has 6 nitrogen and oxygen atoms in total. The van der Waals surface area contributed by atoms with Crippen molar-refractivity contribution >= 4 is 33.2 Å². The predicted molar refractivity (Wildman–Crippen MR) is 75.0 cm³/mol. The number of sulfonamides is 1. The van der Waals surface area contributed by atoms with Gasteiger partial charge in [-0.3, -0.25) is 9.78 Å². The van der Waals surface area contributed by atoms with Gasteiger partial charge in [-0.25, -0.2) is 13.6 Å². The zero-order chi connectivity index (χ0) is 14.8. The van der Waals surface area contributed by atoms with E-state index >= 15 is 0 Å².